The molecule has 0 spiro atoms. The molecule has 160 valence electrons. The highest BCUT2D eigenvalue weighted by Gasteiger charge is 2.34. The van der Waals surface area contributed by atoms with E-state index < -0.39 is 0 Å². The van der Waals surface area contributed by atoms with Crippen molar-refractivity contribution in [1.29, 1.82) is 0 Å². The Morgan fingerprint density at radius 3 is 2.50 bits per heavy atom. The third-order valence-corrected chi connectivity index (χ3v) is 5.43. The number of benzene rings is 1. The first-order valence-electron chi connectivity index (χ1n) is 9.94. The first kappa shape index (κ1) is 25.1. The Labute approximate surface area is 187 Å². The minimum Gasteiger partial charge on any atom is -0.381 e. The van der Waals surface area contributed by atoms with E-state index in [9.17, 15) is 0 Å². The molecule has 1 aromatic carbocycles. The van der Waals surface area contributed by atoms with E-state index in [0.717, 1.165) is 58.1 Å². The summed E-state index contributed by atoms with van der Waals surface area (Å²) in [5.41, 5.74) is 1.35. The molecule has 0 bridgehead atoms. The van der Waals surface area contributed by atoms with Crippen LogP contribution in [0.5, 0.6) is 0 Å². The maximum absolute atomic E-state index is 5.93. The minimum absolute atomic E-state index is 0. The lowest BCUT2D eigenvalue weighted by Crippen LogP contribution is -2.57. The lowest BCUT2D eigenvalue weighted by Gasteiger charge is -2.43. The number of hydrogen-bond donors (Lipinski definition) is 2. The Kier molecular flexibility index (Phi) is 12.0. The topological polar surface area (TPSA) is 58.1 Å². The van der Waals surface area contributed by atoms with E-state index in [2.05, 4.69) is 53.7 Å². The lowest BCUT2D eigenvalue weighted by molar-refractivity contribution is -0.00501. The first-order chi connectivity index (χ1) is 13.1. The van der Waals surface area contributed by atoms with Crippen LogP contribution < -0.4 is 10.6 Å². The zero-order valence-corrected chi connectivity index (χ0v) is 20.1. The summed E-state index contributed by atoms with van der Waals surface area (Å²) < 4.78 is 11.5. The molecule has 1 unspecified atom stereocenters. The SMILES string of the molecule is CN=C(NCCCOC(C)c1ccccc1)NCC1(N(C)C)CCOCC1.I. The van der Waals surface area contributed by atoms with Gasteiger partial charge in [-0.05, 0) is 45.8 Å². The third kappa shape index (κ3) is 7.85. The standard InChI is InChI=1S/C21H36N4O2.HI/c1-18(19-9-6-5-7-10-19)27-14-8-13-23-20(22-2)24-17-21(25(3)4)11-15-26-16-12-21;/h5-7,9-10,18H,8,11-17H2,1-4H3,(H2,22,23,24);1H. The molecule has 1 heterocycles. The molecule has 7 heteroatoms. The number of ether oxygens (including phenoxy) is 2. The van der Waals surface area contributed by atoms with Crippen molar-refractivity contribution < 1.29 is 9.47 Å². The molecule has 1 atom stereocenters. The van der Waals surface area contributed by atoms with Crippen LogP contribution in [-0.2, 0) is 9.47 Å². The van der Waals surface area contributed by atoms with E-state index in [1.54, 1.807) is 0 Å². The van der Waals surface area contributed by atoms with Crippen LogP contribution in [0.1, 0.15) is 37.9 Å². The van der Waals surface area contributed by atoms with Crippen molar-refractivity contribution in [3.05, 3.63) is 35.9 Å². The van der Waals surface area contributed by atoms with Crippen LogP contribution in [-0.4, -0.2) is 70.5 Å². The summed E-state index contributed by atoms with van der Waals surface area (Å²) in [6, 6.07) is 10.3. The van der Waals surface area contributed by atoms with E-state index >= 15 is 0 Å². The van der Waals surface area contributed by atoms with Gasteiger partial charge < -0.3 is 25.0 Å². The van der Waals surface area contributed by atoms with Gasteiger partial charge >= 0.3 is 0 Å². The van der Waals surface area contributed by atoms with Gasteiger partial charge in [0.2, 0.25) is 0 Å². The average molecular weight is 504 g/mol. The summed E-state index contributed by atoms with van der Waals surface area (Å²) in [4.78, 5) is 6.66. The Morgan fingerprint density at radius 1 is 1.21 bits per heavy atom. The Bertz CT molecular complexity index is 563. The van der Waals surface area contributed by atoms with Gasteiger partial charge in [-0.2, -0.15) is 0 Å². The smallest absolute Gasteiger partial charge is 0.191 e. The fraction of sp³-hybridized carbons (Fsp3) is 0.667. The number of aliphatic imine (C=N–C) groups is 1. The second-order valence-corrected chi connectivity index (χ2v) is 7.36. The molecular weight excluding hydrogens is 467 g/mol. The fourth-order valence-corrected chi connectivity index (χ4v) is 3.36. The van der Waals surface area contributed by atoms with Crippen LogP contribution in [0.15, 0.2) is 35.3 Å². The van der Waals surface area contributed by atoms with Crippen LogP contribution in [0.25, 0.3) is 0 Å². The van der Waals surface area contributed by atoms with Gasteiger partial charge in [0.1, 0.15) is 0 Å². The lowest BCUT2D eigenvalue weighted by atomic mass is 9.88. The molecule has 0 amide bonds. The number of nitrogens with one attached hydrogen (secondary N) is 2. The molecule has 2 N–H and O–H groups in total. The van der Waals surface area contributed by atoms with Gasteiger partial charge in [0.15, 0.2) is 5.96 Å². The van der Waals surface area contributed by atoms with E-state index in [4.69, 9.17) is 9.47 Å². The highest BCUT2D eigenvalue weighted by Crippen LogP contribution is 2.25. The third-order valence-electron chi connectivity index (χ3n) is 5.43. The van der Waals surface area contributed by atoms with Crippen molar-refractivity contribution in [3.8, 4) is 0 Å². The zero-order chi connectivity index (χ0) is 19.5. The number of likely N-dealkylation sites (N-methyl/N-ethyl adjacent to an activating group) is 1. The highest BCUT2D eigenvalue weighted by atomic mass is 127. The molecule has 2 rings (SSSR count). The molecule has 1 aromatic rings. The summed E-state index contributed by atoms with van der Waals surface area (Å²) >= 11 is 0. The van der Waals surface area contributed by atoms with E-state index in [-0.39, 0.29) is 35.6 Å². The molecule has 0 saturated carbocycles. The molecular formula is C21H37IN4O2. The molecule has 1 fully saturated rings. The van der Waals surface area contributed by atoms with Gasteiger partial charge in [-0.25, -0.2) is 0 Å². The Hall–Kier alpha value is -0.900. The van der Waals surface area contributed by atoms with E-state index in [1.807, 2.05) is 25.2 Å². The molecule has 6 nitrogen and oxygen atoms in total. The van der Waals surface area contributed by atoms with E-state index in [0.29, 0.717) is 0 Å². The number of rotatable bonds is 9. The summed E-state index contributed by atoms with van der Waals surface area (Å²) in [6.45, 7) is 6.16. The zero-order valence-electron chi connectivity index (χ0n) is 17.7. The quantitative estimate of drug-likeness (QED) is 0.234. The van der Waals surface area contributed by atoms with Crippen molar-refractivity contribution in [1.82, 2.24) is 15.5 Å². The Morgan fingerprint density at radius 2 is 1.89 bits per heavy atom. The number of hydrogen-bond acceptors (Lipinski definition) is 4. The number of nitrogens with zero attached hydrogens (tertiary/aromatic N) is 2. The monoisotopic (exact) mass is 504 g/mol. The van der Waals surface area contributed by atoms with Crippen molar-refractivity contribution >= 4 is 29.9 Å². The van der Waals surface area contributed by atoms with E-state index in [1.165, 1.54) is 5.56 Å². The van der Waals surface area contributed by atoms with Crippen molar-refractivity contribution in [2.45, 2.75) is 37.8 Å². The van der Waals surface area contributed by atoms with Crippen LogP contribution in [0.2, 0.25) is 0 Å². The van der Waals surface area contributed by atoms with Gasteiger partial charge in [-0.3, -0.25) is 4.99 Å². The average Bonchev–Trinajstić information content (AvgIpc) is 2.71. The fourth-order valence-electron chi connectivity index (χ4n) is 3.36. The van der Waals surface area contributed by atoms with Crippen molar-refractivity contribution in [3.63, 3.8) is 0 Å². The molecule has 1 saturated heterocycles. The maximum Gasteiger partial charge on any atom is 0.191 e. The van der Waals surface area contributed by atoms with Crippen LogP contribution in [0, 0.1) is 0 Å². The second-order valence-electron chi connectivity index (χ2n) is 7.36. The second kappa shape index (κ2) is 13.3. The summed E-state index contributed by atoms with van der Waals surface area (Å²) in [5, 5.41) is 6.88. The maximum atomic E-state index is 5.93. The first-order valence-corrected chi connectivity index (χ1v) is 9.94. The van der Waals surface area contributed by atoms with Crippen LogP contribution in [0.4, 0.5) is 0 Å². The summed E-state index contributed by atoms with van der Waals surface area (Å²) in [6.07, 6.45) is 3.13. The van der Waals surface area contributed by atoms with Crippen LogP contribution >= 0.6 is 24.0 Å². The number of guanidine groups is 1. The van der Waals surface area contributed by atoms with Crippen LogP contribution in [0.3, 0.4) is 0 Å². The number of halogens is 1. The predicted octanol–water partition coefficient (Wildman–Crippen LogP) is 3.05. The molecule has 0 radical (unpaired) electrons. The minimum atomic E-state index is 0. The van der Waals surface area contributed by atoms with Crippen molar-refractivity contribution in [2.75, 3.05) is 54.1 Å². The predicted molar refractivity (Wildman–Crippen MR) is 127 cm³/mol. The molecule has 0 aromatic heterocycles. The normalized spacial score (nSPS) is 17.7. The van der Waals surface area contributed by atoms with Gasteiger partial charge in [0, 0.05) is 45.5 Å². The molecule has 28 heavy (non-hydrogen) atoms. The Balaban J connectivity index is 0.00000392. The van der Waals surface area contributed by atoms with Gasteiger partial charge in [-0.1, -0.05) is 30.3 Å². The van der Waals surface area contributed by atoms with Gasteiger partial charge in [-0.15, -0.1) is 24.0 Å². The largest absolute Gasteiger partial charge is 0.381 e. The molecule has 1 aliphatic heterocycles. The van der Waals surface area contributed by atoms with Gasteiger partial charge in [0.25, 0.3) is 0 Å². The summed E-state index contributed by atoms with van der Waals surface area (Å²) in [5.74, 6) is 0.846. The highest BCUT2D eigenvalue weighted by molar-refractivity contribution is 14.0. The summed E-state index contributed by atoms with van der Waals surface area (Å²) in [7, 11) is 6.11. The van der Waals surface area contributed by atoms with Gasteiger partial charge in [0.05, 0.1) is 6.10 Å². The van der Waals surface area contributed by atoms with Crippen molar-refractivity contribution in [2.24, 2.45) is 4.99 Å². The molecule has 1 aliphatic rings. The molecule has 0 aliphatic carbocycles.